The maximum atomic E-state index is 6.19. The number of hydrogen-bond acceptors (Lipinski definition) is 1. The standard InChI is InChI=1S/C17H25BrO/c1-13-6-7-15(14(10-13)16(2,3)4)19-12-17(11-18)8-5-9-17/h6-7,10H,5,8-9,11-12H2,1-4H3. The van der Waals surface area contributed by atoms with Crippen LogP contribution in [0.5, 0.6) is 5.75 Å². The first-order valence-corrected chi connectivity index (χ1v) is 8.28. The predicted octanol–water partition coefficient (Wildman–Crippen LogP) is 5.24. The van der Waals surface area contributed by atoms with Crippen LogP contribution in [0.15, 0.2) is 18.2 Å². The Hall–Kier alpha value is -0.500. The molecule has 2 rings (SSSR count). The van der Waals surface area contributed by atoms with Gasteiger partial charge in [-0.2, -0.15) is 0 Å². The van der Waals surface area contributed by atoms with Crippen molar-refractivity contribution in [2.75, 3.05) is 11.9 Å². The van der Waals surface area contributed by atoms with E-state index in [1.165, 1.54) is 30.4 Å². The van der Waals surface area contributed by atoms with Crippen molar-refractivity contribution in [3.05, 3.63) is 29.3 Å². The van der Waals surface area contributed by atoms with E-state index in [-0.39, 0.29) is 5.41 Å². The van der Waals surface area contributed by atoms with Gasteiger partial charge in [0.2, 0.25) is 0 Å². The first kappa shape index (κ1) is 14.9. The molecule has 0 N–H and O–H groups in total. The maximum Gasteiger partial charge on any atom is 0.123 e. The van der Waals surface area contributed by atoms with E-state index < -0.39 is 0 Å². The van der Waals surface area contributed by atoms with Gasteiger partial charge in [-0.3, -0.25) is 0 Å². The van der Waals surface area contributed by atoms with E-state index in [1.54, 1.807) is 0 Å². The van der Waals surface area contributed by atoms with Gasteiger partial charge in [-0.15, -0.1) is 0 Å². The molecule has 0 aromatic heterocycles. The summed E-state index contributed by atoms with van der Waals surface area (Å²) in [5.74, 6) is 1.06. The molecule has 0 radical (unpaired) electrons. The highest BCUT2D eigenvalue weighted by Crippen LogP contribution is 2.43. The molecule has 0 amide bonds. The summed E-state index contributed by atoms with van der Waals surface area (Å²) in [4.78, 5) is 0. The van der Waals surface area contributed by atoms with Crippen molar-refractivity contribution < 1.29 is 4.74 Å². The molecule has 106 valence electrons. The summed E-state index contributed by atoms with van der Waals surface area (Å²) >= 11 is 3.65. The quantitative estimate of drug-likeness (QED) is 0.688. The van der Waals surface area contributed by atoms with Gasteiger partial charge in [0.15, 0.2) is 0 Å². The van der Waals surface area contributed by atoms with Gasteiger partial charge in [0.05, 0.1) is 6.61 Å². The lowest BCUT2D eigenvalue weighted by molar-refractivity contribution is 0.0826. The SMILES string of the molecule is Cc1ccc(OCC2(CBr)CCC2)c(C(C)(C)C)c1. The molecule has 1 aliphatic carbocycles. The highest BCUT2D eigenvalue weighted by atomic mass is 79.9. The second kappa shape index (κ2) is 5.47. The third kappa shape index (κ3) is 3.34. The first-order chi connectivity index (χ1) is 8.86. The Balaban J connectivity index is 2.16. The van der Waals surface area contributed by atoms with Crippen LogP contribution in [0.25, 0.3) is 0 Å². The molecule has 0 spiro atoms. The molecule has 0 heterocycles. The normalized spacial score (nSPS) is 17.9. The van der Waals surface area contributed by atoms with Crippen molar-refractivity contribution in [1.82, 2.24) is 0 Å². The number of halogens is 1. The largest absolute Gasteiger partial charge is 0.493 e. The number of ether oxygens (including phenoxy) is 1. The zero-order valence-electron chi connectivity index (χ0n) is 12.6. The molecule has 1 nitrogen and oxygen atoms in total. The van der Waals surface area contributed by atoms with Gasteiger partial charge >= 0.3 is 0 Å². The molecular formula is C17H25BrO. The Labute approximate surface area is 125 Å². The van der Waals surface area contributed by atoms with Crippen LogP contribution in [0.1, 0.15) is 51.2 Å². The Kier molecular flexibility index (Phi) is 4.29. The minimum absolute atomic E-state index is 0.128. The van der Waals surface area contributed by atoms with Crippen molar-refractivity contribution in [3.8, 4) is 5.75 Å². The minimum Gasteiger partial charge on any atom is -0.493 e. The van der Waals surface area contributed by atoms with Gasteiger partial charge in [-0.1, -0.05) is 60.8 Å². The van der Waals surface area contributed by atoms with Crippen molar-refractivity contribution in [2.24, 2.45) is 5.41 Å². The summed E-state index contributed by atoms with van der Waals surface area (Å²) in [6.07, 6.45) is 3.92. The molecule has 0 atom stereocenters. The number of alkyl halides is 1. The van der Waals surface area contributed by atoms with Crippen molar-refractivity contribution in [3.63, 3.8) is 0 Å². The lowest BCUT2D eigenvalue weighted by Crippen LogP contribution is -2.37. The monoisotopic (exact) mass is 324 g/mol. The highest BCUT2D eigenvalue weighted by molar-refractivity contribution is 9.09. The van der Waals surface area contributed by atoms with Crippen LogP contribution in [0.3, 0.4) is 0 Å². The van der Waals surface area contributed by atoms with Crippen molar-refractivity contribution in [1.29, 1.82) is 0 Å². The van der Waals surface area contributed by atoms with Crippen LogP contribution in [-0.4, -0.2) is 11.9 Å². The Morgan fingerprint density at radius 3 is 2.42 bits per heavy atom. The molecule has 0 saturated heterocycles. The van der Waals surface area contributed by atoms with Crippen LogP contribution in [-0.2, 0) is 5.41 Å². The van der Waals surface area contributed by atoms with Crippen molar-refractivity contribution in [2.45, 2.75) is 52.4 Å². The molecule has 2 heteroatoms. The second-order valence-corrected chi connectivity index (χ2v) is 7.59. The minimum atomic E-state index is 0.128. The molecule has 1 fully saturated rings. The molecule has 19 heavy (non-hydrogen) atoms. The number of aryl methyl sites for hydroxylation is 1. The molecule has 0 unspecified atom stereocenters. The van der Waals surface area contributed by atoms with Crippen LogP contribution < -0.4 is 4.74 Å². The zero-order chi connectivity index (χ0) is 14.1. The van der Waals surface area contributed by atoms with Gasteiger partial charge < -0.3 is 4.74 Å². The summed E-state index contributed by atoms with van der Waals surface area (Å²) in [6.45, 7) is 9.73. The van der Waals surface area contributed by atoms with E-state index in [0.29, 0.717) is 5.41 Å². The molecule has 1 aromatic carbocycles. The molecule has 0 aliphatic heterocycles. The van der Waals surface area contributed by atoms with Crippen LogP contribution in [0.2, 0.25) is 0 Å². The number of hydrogen-bond donors (Lipinski definition) is 0. The lowest BCUT2D eigenvalue weighted by atomic mass is 9.71. The summed E-state index contributed by atoms with van der Waals surface area (Å²) in [6, 6.07) is 6.54. The summed E-state index contributed by atoms with van der Waals surface area (Å²) in [7, 11) is 0. The average molecular weight is 325 g/mol. The van der Waals surface area contributed by atoms with Crippen LogP contribution in [0.4, 0.5) is 0 Å². The predicted molar refractivity (Wildman–Crippen MR) is 85.5 cm³/mol. The topological polar surface area (TPSA) is 9.23 Å². The van der Waals surface area contributed by atoms with E-state index >= 15 is 0 Å². The van der Waals surface area contributed by atoms with E-state index in [2.05, 4.69) is 61.8 Å². The number of rotatable bonds is 4. The smallest absolute Gasteiger partial charge is 0.123 e. The summed E-state index contributed by atoms with van der Waals surface area (Å²) < 4.78 is 6.19. The van der Waals surface area contributed by atoms with Crippen LogP contribution in [0, 0.1) is 12.3 Å². The van der Waals surface area contributed by atoms with Gasteiger partial charge in [-0.05, 0) is 36.8 Å². The third-order valence-corrected chi connectivity index (χ3v) is 5.36. The average Bonchev–Trinajstić information content (AvgIpc) is 2.28. The summed E-state index contributed by atoms with van der Waals surface area (Å²) in [5.41, 5.74) is 3.12. The van der Waals surface area contributed by atoms with Gasteiger partial charge in [0, 0.05) is 10.7 Å². The molecule has 1 aromatic rings. The Morgan fingerprint density at radius 2 is 1.95 bits per heavy atom. The van der Waals surface area contributed by atoms with Gasteiger partial charge in [-0.25, -0.2) is 0 Å². The fourth-order valence-corrected chi connectivity index (χ4v) is 3.30. The molecule has 0 bridgehead atoms. The molecular weight excluding hydrogens is 300 g/mol. The molecule has 1 saturated carbocycles. The fourth-order valence-electron chi connectivity index (χ4n) is 2.58. The maximum absolute atomic E-state index is 6.19. The van der Waals surface area contributed by atoms with Crippen LogP contribution >= 0.6 is 15.9 Å². The fraction of sp³-hybridized carbons (Fsp3) is 0.647. The second-order valence-electron chi connectivity index (χ2n) is 7.03. The summed E-state index contributed by atoms with van der Waals surface area (Å²) in [5, 5.41) is 1.05. The molecule has 1 aliphatic rings. The van der Waals surface area contributed by atoms with Crippen molar-refractivity contribution >= 4 is 15.9 Å². The highest BCUT2D eigenvalue weighted by Gasteiger charge is 2.37. The lowest BCUT2D eigenvalue weighted by Gasteiger charge is -2.40. The number of benzene rings is 1. The van der Waals surface area contributed by atoms with E-state index in [0.717, 1.165) is 17.7 Å². The van der Waals surface area contributed by atoms with E-state index in [4.69, 9.17) is 4.74 Å². The van der Waals surface area contributed by atoms with Gasteiger partial charge in [0.1, 0.15) is 5.75 Å². The van der Waals surface area contributed by atoms with E-state index in [9.17, 15) is 0 Å². The first-order valence-electron chi connectivity index (χ1n) is 7.16. The van der Waals surface area contributed by atoms with Gasteiger partial charge in [0.25, 0.3) is 0 Å². The van der Waals surface area contributed by atoms with E-state index in [1.807, 2.05) is 0 Å². The zero-order valence-corrected chi connectivity index (χ0v) is 14.1. The third-order valence-electron chi connectivity index (χ3n) is 4.17. The Morgan fingerprint density at radius 1 is 1.26 bits per heavy atom. The Bertz CT molecular complexity index is 436.